The number of nitrogens with zero attached hydrogens (tertiary/aromatic N) is 1. The molecule has 2 rings (SSSR count). The minimum Gasteiger partial charge on any atom is -0.493 e. The molecule has 23 heavy (non-hydrogen) atoms. The largest absolute Gasteiger partial charge is 0.493 e. The topological polar surface area (TPSA) is 67.9 Å². The van der Waals surface area contributed by atoms with Crippen LogP contribution in [0.15, 0.2) is 48.5 Å². The van der Waals surface area contributed by atoms with Gasteiger partial charge in [-0.15, -0.1) is 0 Å². The molecule has 0 aliphatic heterocycles. The van der Waals surface area contributed by atoms with E-state index in [1.165, 1.54) is 19.1 Å². The lowest BCUT2D eigenvalue weighted by Crippen LogP contribution is -2.37. The van der Waals surface area contributed by atoms with Crippen LogP contribution in [0, 0.1) is 0 Å². The number of amides is 2. The molecule has 0 spiro atoms. The summed E-state index contributed by atoms with van der Waals surface area (Å²) in [6.07, 6.45) is 0. The Hall–Kier alpha value is -3.02. The van der Waals surface area contributed by atoms with E-state index >= 15 is 0 Å². The average molecular weight is 314 g/mol. The Morgan fingerprint density at radius 1 is 0.957 bits per heavy atom. The van der Waals surface area contributed by atoms with Gasteiger partial charge in [0.2, 0.25) is 0 Å². The second kappa shape index (κ2) is 7.31. The Kier molecular flexibility index (Phi) is 5.19. The Bertz CT molecular complexity index is 701. The van der Waals surface area contributed by atoms with Crippen molar-refractivity contribution in [1.82, 2.24) is 0 Å². The van der Waals surface area contributed by atoms with Gasteiger partial charge in [-0.2, -0.15) is 0 Å². The fourth-order valence-electron chi connectivity index (χ4n) is 2.02. The first-order chi connectivity index (χ1) is 11.1. The number of anilines is 2. The third-order valence-corrected chi connectivity index (χ3v) is 3.28. The van der Waals surface area contributed by atoms with E-state index in [0.717, 1.165) is 0 Å². The highest BCUT2D eigenvalue weighted by molar-refractivity contribution is 6.44. The third kappa shape index (κ3) is 3.79. The maximum atomic E-state index is 12.2. The predicted octanol–water partition coefficient (Wildman–Crippen LogP) is 2.31. The summed E-state index contributed by atoms with van der Waals surface area (Å²) in [6.45, 7) is 0. The number of likely N-dealkylation sites (N-methyl/N-ethyl adjacent to an activating group) is 1. The summed E-state index contributed by atoms with van der Waals surface area (Å²) in [6, 6.07) is 13.8. The van der Waals surface area contributed by atoms with Crippen molar-refractivity contribution in [2.45, 2.75) is 0 Å². The van der Waals surface area contributed by atoms with Crippen LogP contribution in [0.5, 0.6) is 11.5 Å². The fraction of sp³-hybridized carbons (Fsp3) is 0.176. The van der Waals surface area contributed by atoms with Crippen molar-refractivity contribution in [2.24, 2.45) is 0 Å². The maximum absolute atomic E-state index is 12.2. The van der Waals surface area contributed by atoms with Gasteiger partial charge in [0.1, 0.15) is 0 Å². The zero-order chi connectivity index (χ0) is 16.8. The average Bonchev–Trinajstić information content (AvgIpc) is 2.60. The van der Waals surface area contributed by atoms with Crippen LogP contribution in [0.25, 0.3) is 0 Å². The molecule has 6 nitrogen and oxygen atoms in total. The van der Waals surface area contributed by atoms with Gasteiger partial charge in [0.05, 0.1) is 14.2 Å². The minimum atomic E-state index is -0.733. The van der Waals surface area contributed by atoms with Gasteiger partial charge in [0.25, 0.3) is 0 Å². The number of benzene rings is 2. The molecule has 0 saturated carbocycles. The van der Waals surface area contributed by atoms with Crippen molar-refractivity contribution in [3.63, 3.8) is 0 Å². The highest BCUT2D eigenvalue weighted by atomic mass is 16.5. The highest BCUT2D eigenvalue weighted by Crippen LogP contribution is 2.29. The molecule has 0 heterocycles. The van der Waals surface area contributed by atoms with Crippen LogP contribution in [0.1, 0.15) is 0 Å². The minimum absolute atomic E-state index is 0.447. The summed E-state index contributed by atoms with van der Waals surface area (Å²) in [7, 11) is 4.57. The number of carbonyl (C=O) groups excluding carboxylic acids is 2. The molecule has 0 aromatic heterocycles. The van der Waals surface area contributed by atoms with Gasteiger partial charge in [-0.1, -0.05) is 18.2 Å². The number of nitrogens with one attached hydrogen (secondary N) is 1. The van der Waals surface area contributed by atoms with E-state index in [9.17, 15) is 9.59 Å². The van der Waals surface area contributed by atoms with Gasteiger partial charge in [0.15, 0.2) is 11.5 Å². The Morgan fingerprint density at radius 3 is 2.22 bits per heavy atom. The van der Waals surface area contributed by atoms with Gasteiger partial charge in [-0.3, -0.25) is 9.59 Å². The van der Waals surface area contributed by atoms with Crippen LogP contribution < -0.4 is 19.7 Å². The normalized spacial score (nSPS) is 9.87. The number of hydrogen-bond donors (Lipinski definition) is 1. The molecule has 6 heteroatoms. The first kappa shape index (κ1) is 16.4. The lowest BCUT2D eigenvalue weighted by atomic mass is 10.2. The first-order valence-corrected chi connectivity index (χ1v) is 6.93. The monoisotopic (exact) mass is 314 g/mol. The van der Waals surface area contributed by atoms with E-state index in [-0.39, 0.29) is 0 Å². The van der Waals surface area contributed by atoms with Gasteiger partial charge >= 0.3 is 11.8 Å². The SMILES string of the molecule is COc1ccc(NC(=O)C(=O)N(C)c2ccccc2)cc1OC. The van der Waals surface area contributed by atoms with Crippen LogP contribution in [0.2, 0.25) is 0 Å². The summed E-state index contributed by atoms with van der Waals surface area (Å²) in [5.74, 6) is -0.387. The van der Waals surface area contributed by atoms with E-state index in [4.69, 9.17) is 9.47 Å². The summed E-state index contributed by atoms with van der Waals surface area (Å²) >= 11 is 0. The van der Waals surface area contributed by atoms with E-state index in [0.29, 0.717) is 22.9 Å². The van der Waals surface area contributed by atoms with E-state index < -0.39 is 11.8 Å². The molecule has 0 bridgehead atoms. The van der Waals surface area contributed by atoms with Gasteiger partial charge in [-0.25, -0.2) is 0 Å². The molecule has 0 unspecified atom stereocenters. The molecular formula is C17H18N2O4. The van der Waals surface area contributed by atoms with Crippen LogP contribution in [0.3, 0.4) is 0 Å². The number of carbonyl (C=O) groups is 2. The number of hydrogen-bond acceptors (Lipinski definition) is 4. The summed E-state index contributed by atoms with van der Waals surface area (Å²) in [5, 5.41) is 2.55. The van der Waals surface area contributed by atoms with Crippen LogP contribution in [0.4, 0.5) is 11.4 Å². The predicted molar refractivity (Wildman–Crippen MR) is 88.0 cm³/mol. The zero-order valence-electron chi connectivity index (χ0n) is 13.2. The Morgan fingerprint density at radius 2 is 1.61 bits per heavy atom. The summed E-state index contributed by atoms with van der Waals surface area (Å²) in [4.78, 5) is 25.6. The summed E-state index contributed by atoms with van der Waals surface area (Å²) < 4.78 is 10.3. The van der Waals surface area contributed by atoms with Crippen molar-refractivity contribution >= 4 is 23.2 Å². The molecule has 1 N–H and O–H groups in total. The smallest absolute Gasteiger partial charge is 0.316 e. The molecule has 0 atom stereocenters. The molecule has 0 aliphatic rings. The standard InChI is InChI=1S/C17H18N2O4/c1-19(13-7-5-4-6-8-13)17(21)16(20)18-12-9-10-14(22-2)15(11-12)23-3/h4-11H,1-3H3,(H,18,20). The third-order valence-electron chi connectivity index (χ3n) is 3.28. The fourth-order valence-corrected chi connectivity index (χ4v) is 2.02. The summed E-state index contributed by atoms with van der Waals surface area (Å²) in [5.41, 5.74) is 1.09. The Balaban J connectivity index is 2.11. The molecule has 0 fully saturated rings. The van der Waals surface area contributed by atoms with Gasteiger partial charge in [-0.05, 0) is 24.3 Å². The number of methoxy groups -OCH3 is 2. The molecule has 2 aromatic rings. The second-order valence-electron chi connectivity index (χ2n) is 4.72. The van der Waals surface area contributed by atoms with E-state index in [1.54, 1.807) is 49.5 Å². The number of ether oxygens (including phenoxy) is 2. The molecule has 0 aliphatic carbocycles. The lowest BCUT2D eigenvalue weighted by Gasteiger charge is -2.17. The maximum Gasteiger partial charge on any atom is 0.316 e. The quantitative estimate of drug-likeness (QED) is 0.879. The number of para-hydroxylation sites is 1. The van der Waals surface area contributed by atoms with Crippen molar-refractivity contribution in [3.05, 3.63) is 48.5 Å². The Labute approximate surface area is 134 Å². The van der Waals surface area contributed by atoms with Crippen molar-refractivity contribution < 1.29 is 19.1 Å². The lowest BCUT2D eigenvalue weighted by molar-refractivity contribution is -0.134. The molecule has 120 valence electrons. The molecular weight excluding hydrogens is 296 g/mol. The van der Waals surface area contributed by atoms with Crippen LogP contribution >= 0.6 is 0 Å². The molecule has 0 radical (unpaired) electrons. The van der Waals surface area contributed by atoms with Crippen molar-refractivity contribution in [2.75, 3.05) is 31.5 Å². The van der Waals surface area contributed by atoms with Crippen molar-refractivity contribution in [3.8, 4) is 11.5 Å². The zero-order valence-corrected chi connectivity index (χ0v) is 13.2. The number of rotatable bonds is 4. The molecule has 0 saturated heterocycles. The van der Waals surface area contributed by atoms with E-state index in [1.807, 2.05) is 6.07 Å². The molecule has 2 amide bonds. The van der Waals surface area contributed by atoms with Gasteiger partial charge < -0.3 is 19.7 Å². The van der Waals surface area contributed by atoms with Crippen molar-refractivity contribution in [1.29, 1.82) is 0 Å². The van der Waals surface area contributed by atoms with E-state index in [2.05, 4.69) is 5.32 Å². The van der Waals surface area contributed by atoms with Crippen LogP contribution in [-0.2, 0) is 9.59 Å². The first-order valence-electron chi connectivity index (χ1n) is 6.93. The highest BCUT2D eigenvalue weighted by Gasteiger charge is 2.20. The second-order valence-corrected chi connectivity index (χ2v) is 4.72. The van der Waals surface area contributed by atoms with Crippen LogP contribution in [-0.4, -0.2) is 33.1 Å². The van der Waals surface area contributed by atoms with Gasteiger partial charge in [0, 0.05) is 24.5 Å². The molecule has 2 aromatic carbocycles.